The van der Waals surface area contributed by atoms with Crippen LogP contribution in [0.4, 0.5) is 4.39 Å². The van der Waals surface area contributed by atoms with E-state index in [0.29, 0.717) is 13.0 Å². The maximum Gasteiger partial charge on any atom is 0.123 e. The molecular formula is C16H19FN2O. The van der Waals surface area contributed by atoms with E-state index >= 15 is 0 Å². The lowest BCUT2D eigenvalue weighted by atomic mass is 9.99. The molecule has 2 aromatic rings. The number of nitrogens with two attached hydrogens (primary N) is 1. The van der Waals surface area contributed by atoms with E-state index in [1.165, 1.54) is 12.1 Å². The van der Waals surface area contributed by atoms with Gasteiger partial charge >= 0.3 is 0 Å². The van der Waals surface area contributed by atoms with Crippen LogP contribution < -0.4 is 16.0 Å². The Morgan fingerprint density at radius 3 is 2.55 bits per heavy atom. The summed E-state index contributed by atoms with van der Waals surface area (Å²) in [5.41, 5.74) is 4.72. The summed E-state index contributed by atoms with van der Waals surface area (Å²) in [6.07, 6.45) is 0.627. The van der Waals surface area contributed by atoms with E-state index in [-0.39, 0.29) is 11.9 Å². The highest BCUT2D eigenvalue weighted by Crippen LogP contribution is 2.21. The normalized spacial score (nSPS) is 12.2. The Bertz CT molecular complexity index is 542. The van der Waals surface area contributed by atoms with Crippen LogP contribution in [-0.2, 0) is 6.42 Å². The minimum absolute atomic E-state index is 0.0625. The van der Waals surface area contributed by atoms with Gasteiger partial charge in [-0.25, -0.2) is 4.39 Å². The van der Waals surface area contributed by atoms with Crippen molar-refractivity contribution in [1.82, 2.24) is 5.43 Å². The average Bonchev–Trinajstić information content (AvgIpc) is 2.46. The van der Waals surface area contributed by atoms with E-state index in [9.17, 15) is 4.39 Å². The van der Waals surface area contributed by atoms with Crippen molar-refractivity contribution in [2.75, 3.05) is 6.61 Å². The number of halogens is 1. The first-order valence-corrected chi connectivity index (χ1v) is 6.66. The Morgan fingerprint density at radius 1 is 1.20 bits per heavy atom. The van der Waals surface area contributed by atoms with Crippen molar-refractivity contribution in [3.05, 3.63) is 65.5 Å². The maximum absolute atomic E-state index is 13.2. The van der Waals surface area contributed by atoms with Crippen molar-refractivity contribution < 1.29 is 9.13 Å². The number of benzene rings is 2. The number of ether oxygens (including phenoxy) is 1. The summed E-state index contributed by atoms with van der Waals surface area (Å²) in [4.78, 5) is 0. The molecule has 0 fully saturated rings. The molecule has 0 spiro atoms. The number of hydrogen-bond acceptors (Lipinski definition) is 3. The summed E-state index contributed by atoms with van der Waals surface area (Å²) in [6, 6.07) is 14.3. The molecule has 0 aliphatic carbocycles. The quantitative estimate of drug-likeness (QED) is 0.629. The predicted octanol–water partition coefficient (Wildman–Crippen LogP) is 2.97. The number of nitrogens with one attached hydrogen (secondary N) is 1. The van der Waals surface area contributed by atoms with Crippen molar-refractivity contribution in [1.29, 1.82) is 0 Å². The molecule has 2 rings (SSSR count). The molecular weight excluding hydrogens is 255 g/mol. The first-order valence-electron chi connectivity index (χ1n) is 6.66. The lowest BCUT2D eigenvalue weighted by molar-refractivity contribution is 0.340. The van der Waals surface area contributed by atoms with Crippen LogP contribution in [0.2, 0.25) is 0 Å². The number of hydrogen-bond donors (Lipinski definition) is 2. The summed E-state index contributed by atoms with van der Waals surface area (Å²) in [5, 5.41) is 0. The second kappa shape index (κ2) is 7.03. The zero-order chi connectivity index (χ0) is 14.4. The monoisotopic (exact) mass is 274 g/mol. The van der Waals surface area contributed by atoms with Gasteiger partial charge in [0.1, 0.15) is 11.6 Å². The van der Waals surface area contributed by atoms with Crippen molar-refractivity contribution in [2.24, 2.45) is 5.84 Å². The van der Waals surface area contributed by atoms with Gasteiger partial charge < -0.3 is 4.74 Å². The average molecular weight is 274 g/mol. The Kier molecular flexibility index (Phi) is 5.09. The standard InChI is InChI=1S/C16H19FN2O/c1-2-20-15-8-6-13(7-9-15)16(19-18)11-12-4-3-5-14(17)10-12/h3-10,16,19H,2,11,18H2,1H3. The Balaban J connectivity index is 2.11. The third kappa shape index (κ3) is 3.79. The van der Waals surface area contributed by atoms with Gasteiger partial charge in [0.15, 0.2) is 0 Å². The molecule has 0 heterocycles. The third-order valence-electron chi connectivity index (χ3n) is 3.12. The van der Waals surface area contributed by atoms with Crippen LogP contribution in [-0.4, -0.2) is 6.61 Å². The zero-order valence-corrected chi connectivity index (χ0v) is 11.5. The van der Waals surface area contributed by atoms with Gasteiger partial charge in [-0.1, -0.05) is 24.3 Å². The molecule has 0 amide bonds. The Morgan fingerprint density at radius 2 is 1.95 bits per heavy atom. The first kappa shape index (κ1) is 14.5. The second-order valence-electron chi connectivity index (χ2n) is 4.56. The molecule has 0 aliphatic heterocycles. The van der Waals surface area contributed by atoms with Gasteiger partial charge in [-0.2, -0.15) is 0 Å². The molecule has 1 unspecified atom stereocenters. The fourth-order valence-electron chi connectivity index (χ4n) is 2.14. The highest BCUT2D eigenvalue weighted by Gasteiger charge is 2.11. The number of hydrazine groups is 1. The molecule has 0 aromatic heterocycles. The summed E-state index contributed by atoms with van der Waals surface area (Å²) >= 11 is 0. The smallest absolute Gasteiger partial charge is 0.123 e. The minimum atomic E-state index is -0.232. The molecule has 0 saturated heterocycles. The molecule has 1 atom stereocenters. The van der Waals surface area contributed by atoms with E-state index in [1.807, 2.05) is 37.3 Å². The van der Waals surface area contributed by atoms with Gasteiger partial charge in [-0.15, -0.1) is 0 Å². The molecule has 0 aliphatic rings. The second-order valence-corrected chi connectivity index (χ2v) is 4.56. The van der Waals surface area contributed by atoms with Crippen LogP contribution in [0.1, 0.15) is 24.1 Å². The highest BCUT2D eigenvalue weighted by atomic mass is 19.1. The van der Waals surface area contributed by atoms with Gasteiger partial charge in [0.05, 0.1) is 6.61 Å². The highest BCUT2D eigenvalue weighted by molar-refractivity contribution is 5.30. The van der Waals surface area contributed by atoms with E-state index < -0.39 is 0 Å². The molecule has 2 aromatic carbocycles. The lowest BCUT2D eigenvalue weighted by Crippen LogP contribution is -2.29. The fourth-order valence-corrected chi connectivity index (χ4v) is 2.14. The summed E-state index contributed by atoms with van der Waals surface area (Å²) in [6.45, 7) is 2.59. The number of rotatable bonds is 6. The molecule has 0 radical (unpaired) electrons. The van der Waals surface area contributed by atoms with Crippen LogP contribution >= 0.6 is 0 Å². The van der Waals surface area contributed by atoms with Crippen molar-refractivity contribution in [3.63, 3.8) is 0 Å². The Labute approximate surface area is 118 Å². The van der Waals surface area contributed by atoms with Crippen LogP contribution in [0.5, 0.6) is 5.75 Å². The lowest BCUT2D eigenvalue weighted by Gasteiger charge is -2.17. The molecule has 3 nitrogen and oxygen atoms in total. The van der Waals surface area contributed by atoms with Gasteiger partial charge in [-0.3, -0.25) is 11.3 Å². The van der Waals surface area contributed by atoms with Crippen molar-refractivity contribution >= 4 is 0 Å². The van der Waals surface area contributed by atoms with Crippen LogP contribution in [0, 0.1) is 5.82 Å². The van der Waals surface area contributed by atoms with Crippen LogP contribution in [0.25, 0.3) is 0 Å². The molecule has 3 N–H and O–H groups in total. The van der Waals surface area contributed by atoms with Crippen LogP contribution in [0.3, 0.4) is 0 Å². The fraction of sp³-hybridized carbons (Fsp3) is 0.250. The molecule has 20 heavy (non-hydrogen) atoms. The first-order chi connectivity index (χ1) is 9.72. The molecule has 106 valence electrons. The topological polar surface area (TPSA) is 47.3 Å². The Hall–Kier alpha value is -1.91. The molecule has 0 bridgehead atoms. The molecule has 4 heteroatoms. The van der Waals surface area contributed by atoms with E-state index in [4.69, 9.17) is 10.6 Å². The van der Waals surface area contributed by atoms with Gasteiger partial charge in [0.2, 0.25) is 0 Å². The van der Waals surface area contributed by atoms with Gasteiger partial charge in [0, 0.05) is 6.04 Å². The molecule has 0 saturated carbocycles. The van der Waals surface area contributed by atoms with Crippen LogP contribution in [0.15, 0.2) is 48.5 Å². The minimum Gasteiger partial charge on any atom is -0.494 e. The van der Waals surface area contributed by atoms with E-state index in [0.717, 1.165) is 16.9 Å². The van der Waals surface area contributed by atoms with E-state index in [2.05, 4.69) is 5.43 Å². The van der Waals surface area contributed by atoms with Crippen molar-refractivity contribution in [2.45, 2.75) is 19.4 Å². The summed E-state index contributed by atoms with van der Waals surface area (Å²) in [7, 11) is 0. The predicted molar refractivity (Wildman–Crippen MR) is 77.8 cm³/mol. The summed E-state index contributed by atoms with van der Waals surface area (Å²) < 4.78 is 18.6. The van der Waals surface area contributed by atoms with E-state index in [1.54, 1.807) is 6.07 Å². The zero-order valence-electron chi connectivity index (χ0n) is 11.5. The largest absolute Gasteiger partial charge is 0.494 e. The summed E-state index contributed by atoms with van der Waals surface area (Å²) in [5.74, 6) is 6.21. The van der Waals surface area contributed by atoms with Crippen molar-refractivity contribution in [3.8, 4) is 5.75 Å². The SMILES string of the molecule is CCOc1ccc(C(Cc2cccc(F)c2)NN)cc1. The van der Waals surface area contributed by atoms with Gasteiger partial charge in [0.25, 0.3) is 0 Å². The third-order valence-corrected chi connectivity index (χ3v) is 3.12. The van der Waals surface area contributed by atoms with Gasteiger partial charge in [-0.05, 0) is 48.7 Å². The maximum atomic E-state index is 13.2.